The average molecular weight is 478 g/mol. The maximum absolute atomic E-state index is 6.72. The highest BCUT2D eigenvalue weighted by Gasteiger charge is 2.19. The van der Waals surface area contributed by atoms with Gasteiger partial charge in [0.15, 0.2) is 0 Å². The normalized spacial score (nSPS) is 12.7. The lowest BCUT2D eigenvalue weighted by atomic mass is 10.0. The molecule has 0 aliphatic rings. The molecule has 5 aromatic carbocycles. The van der Waals surface area contributed by atoms with E-state index in [-0.39, 0.29) is 0 Å². The van der Waals surface area contributed by atoms with Gasteiger partial charge in [-0.05, 0) is 48.2 Å². The van der Waals surface area contributed by atoms with Crippen molar-refractivity contribution in [1.29, 1.82) is 0 Å². The molecule has 0 aliphatic carbocycles. The van der Waals surface area contributed by atoms with Gasteiger partial charge in [0.05, 0.1) is 22.1 Å². The Bertz CT molecular complexity index is 2020. The van der Waals surface area contributed by atoms with E-state index in [2.05, 4.69) is 125 Å². The summed E-state index contributed by atoms with van der Waals surface area (Å²) in [6.07, 6.45) is 7.14. The topological polar surface area (TPSA) is 35.9 Å². The molecular weight excluding hydrogens is 450 g/mol. The number of rotatable bonds is 4. The molecule has 2 heterocycles. The van der Waals surface area contributed by atoms with E-state index in [1.165, 1.54) is 43.4 Å². The van der Waals surface area contributed by atoms with Crippen molar-refractivity contribution >= 4 is 60.2 Å². The lowest BCUT2D eigenvalue weighted by Gasteiger charge is -2.11. The molecule has 0 saturated heterocycles. The summed E-state index contributed by atoms with van der Waals surface area (Å²) in [5, 5.41) is 7.40. The zero-order valence-corrected chi connectivity index (χ0v) is 20.7. The molecule has 7 rings (SSSR count). The first kappa shape index (κ1) is 21.5. The molecule has 178 valence electrons. The maximum Gasteiger partial charge on any atom is 0.108 e. The molecular formula is C34H27N3. The summed E-state index contributed by atoms with van der Waals surface area (Å²) in [6, 6.07) is 37.0. The van der Waals surface area contributed by atoms with E-state index in [1.807, 2.05) is 12.2 Å². The first-order chi connectivity index (χ1) is 18.3. The van der Waals surface area contributed by atoms with E-state index in [1.54, 1.807) is 0 Å². The molecule has 2 aromatic heterocycles. The first-order valence-corrected chi connectivity index (χ1v) is 12.8. The van der Waals surface area contributed by atoms with Crippen molar-refractivity contribution in [2.75, 3.05) is 0 Å². The van der Waals surface area contributed by atoms with Crippen LogP contribution in [0.25, 0.3) is 65.9 Å². The lowest BCUT2D eigenvalue weighted by molar-refractivity contribution is 1.16. The fraction of sp³-hybridized carbons (Fsp3) is 0.0588. The van der Waals surface area contributed by atoms with Gasteiger partial charge < -0.3 is 10.3 Å². The van der Waals surface area contributed by atoms with Gasteiger partial charge in [0.25, 0.3) is 0 Å². The van der Waals surface area contributed by atoms with Gasteiger partial charge in [0.1, 0.15) is 5.82 Å². The number of nitrogens with zero attached hydrogens (tertiary/aromatic N) is 2. The Labute approximate surface area is 215 Å². The van der Waals surface area contributed by atoms with Crippen LogP contribution in [0, 0.1) is 0 Å². The largest absolute Gasteiger partial charge is 0.385 e. The SMILES string of the molecule is CC/C=C\C=C(/N)n1c2ccccc2c2cc3c4ccc5ccccc5c4n(-c4ccccc4)c3cc21. The first-order valence-electron chi connectivity index (χ1n) is 12.8. The minimum atomic E-state index is 0.711. The zero-order chi connectivity index (χ0) is 24.9. The quantitative estimate of drug-likeness (QED) is 0.253. The van der Waals surface area contributed by atoms with E-state index in [0.29, 0.717) is 5.82 Å². The maximum atomic E-state index is 6.72. The Hall–Kier alpha value is -4.76. The molecule has 0 bridgehead atoms. The molecule has 0 aliphatic heterocycles. The fourth-order valence-electron chi connectivity index (χ4n) is 5.74. The van der Waals surface area contributed by atoms with Gasteiger partial charge in [-0.1, -0.05) is 91.9 Å². The third-order valence-electron chi connectivity index (χ3n) is 7.36. The molecule has 0 fully saturated rings. The number of allylic oxidation sites excluding steroid dienone is 3. The van der Waals surface area contributed by atoms with Gasteiger partial charge in [0, 0.05) is 32.6 Å². The zero-order valence-electron chi connectivity index (χ0n) is 20.7. The Morgan fingerprint density at radius 2 is 1.41 bits per heavy atom. The highest BCUT2D eigenvalue weighted by molar-refractivity contribution is 6.23. The summed E-state index contributed by atoms with van der Waals surface area (Å²) in [5.74, 6) is 0.711. The van der Waals surface area contributed by atoms with E-state index in [0.717, 1.165) is 23.1 Å². The third kappa shape index (κ3) is 3.21. The molecule has 0 atom stereocenters. The van der Waals surface area contributed by atoms with Crippen LogP contribution in [0.2, 0.25) is 0 Å². The van der Waals surface area contributed by atoms with Gasteiger partial charge in [-0.25, -0.2) is 0 Å². The Balaban J connectivity index is 1.69. The number of hydrogen-bond donors (Lipinski definition) is 1. The van der Waals surface area contributed by atoms with Crippen molar-refractivity contribution in [3.05, 3.63) is 121 Å². The van der Waals surface area contributed by atoms with Crippen molar-refractivity contribution in [1.82, 2.24) is 9.13 Å². The van der Waals surface area contributed by atoms with Crippen molar-refractivity contribution in [2.24, 2.45) is 5.73 Å². The van der Waals surface area contributed by atoms with Crippen LogP contribution < -0.4 is 5.73 Å². The predicted molar refractivity (Wildman–Crippen MR) is 159 cm³/mol. The number of hydrogen-bond acceptors (Lipinski definition) is 1. The summed E-state index contributed by atoms with van der Waals surface area (Å²) in [5.41, 5.74) is 12.5. The van der Waals surface area contributed by atoms with Crippen LogP contribution in [0.15, 0.2) is 121 Å². The van der Waals surface area contributed by atoms with Crippen LogP contribution in [-0.4, -0.2) is 9.13 Å². The molecule has 3 heteroatoms. The average Bonchev–Trinajstić information content (AvgIpc) is 3.45. The second-order valence-corrected chi connectivity index (χ2v) is 9.52. The van der Waals surface area contributed by atoms with Gasteiger partial charge in [-0.3, -0.25) is 4.57 Å². The summed E-state index contributed by atoms with van der Waals surface area (Å²) in [7, 11) is 0. The van der Waals surface area contributed by atoms with Gasteiger partial charge in [-0.2, -0.15) is 0 Å². The van der Waals surface area contributed by atoms with E-state index in [9.17, 15) is 0 Å². The van der Waals surface area contributed by atoms with E-state index < -0.39 is 0 Å². The van der Waals surface area contributed by atoms with Crippen LogP contribution in [0.4, 0.5) is 0 Å². The molecule has 7 aromatic rings. The molecule has 3 nitrogen and oxygen atoms in total. The molecule has 37 heavy (non-hydrogen) atoms. The standard InChI is InChI=1S/C34H27N3/c1-2-3-5-18-33(35)37-30-17-11-10-16-26(30)28-21-29-27-20-19-23-12-8-9-15-25(23)34(27)36(31(29)22-32(28)37)24-13-6-4-7-14-24/h3-22H,2,35H2,1H3/b5-3-,33-18+. The monoisotopic (exact) mass is 477 g/mol. The van der Waals surface area contributed by atoms with Crippen molar-refractivity contribution < 1.29 is 0 Å². The van der Waals surface area contributed by atoms with E-state index in [4.69, 9.17) is 5.73 Å². The predicted octanol–water partition coefficient (Wildman–Crippen LogP) is 8.77. The summed E-state index contributed by atoms with van der Waals surface area (Å²) < 4.78 is 4.60. The van der Waals surface area contributed by atoms with Crippen molar-refractivity contribution in [3.63, 3.8) is 0 Å². The molecule has 0 radical (unpaired) electrons. The number of nitrogens with two attached hydrogens (primary N) is 1. The van der Waals surface area contributed by atoms with Gasteiger partial charge in [-0.15, -0.1) is 0 Å². The van der Waals surface area contributed by atoms with Gasteiger partial charge >= 0.3 is 0 Å². The molecule has 2 N–H and O–H groups in total. The van der Waals surface area contributed by atoms with Crippen LogP contribution in [0.1, 0.15) is 13.3 Å². The van der Waals surface area contributed by atoms with Crippen LogP contribution >= 0.6 is 0 Å². The summed E-state index contributed by atoms with van der Waals surface area (Å²) in [6.45, 7) is 2.13. The Morgan fingerprint density at radius 3 is 2.24 bits per heavy atom. The minimum Gasteiger partial charge on any atom is -0.385 e. The summed E-state index contributed by atoms with van der Waals surface area (Å²) >= 11 is 0. The Morgan fingerprint density at radius 1 is 0.676 bits per heavy atom. The molecule has 0 amide bonds. The molecule has 0 saturated carbocycles. The van der Waals surface area contributed by atoms with Crippen molar-refractivity contribution in [2.45, 2.75) is 13.3 Å². The number of benzene rings is 5. The number of fused-ring (bicyclic) bond motifs is 8. The second kappa shape index (κ2) is 8.42. The number of para-hydroxylation sites is 2. The highest BCUT2D eigenvalue weighted by atomic mass is 15.1. The number of aromatic nitrogens is 2. The summed E-state index contributed by atoms with van der Waals surface area (Å²) in [4.78, 5) is 0. The van der Waals surface area contributed by atoms with Crippen molar-refractivity contribution in [3.8, 4) is 5.69 Å². The third-order valence-corrected chi connectivity index (χ3v) is 7.36. The van der Waals surface area contributed by atoms with Crippen LogP contribution in [-0.2, 0) is 0 Å². The molecule has 0 unspecified atom stereocenters. The van der Waals surface area contributed by atoms with Crippen LogP contribution in [0.5, 0.6) is 0 Å². The lowest BCUT2D eigenvalue weighted by Crippen LogP contribution is -2.05. The molecule has 0 spiro atoms. The minimum absolute atomic E-state index is 0.711. The van der Waals surface area contributed by atoms with E-state index >= 15 is 0 Å². The smallest absolute Gasteiger partial charge is 0.108 e. The second-order valence-electron chi connectivity index (χ2n) is 9.52. The highest BCUT2D eigenvalue weighted by Crippen LogP contribution is 2.41. The fourth-order valence-corrected chi connectivity index (χ4v) is 5.74. The van der Waals surface area contributed by atoms with Gasteiger partial charge in [0.2, 0.25) is 0 Å². The Kier molecular flexibility index (Phi) is 4.90. The van der Waals surface area contributed by atoms with Crippen LogP contribution in [0.3, 0.4) is 0 Å².